The molecule has 0 aromatic carbocycles. The minimum absolute atomic E-state index is 0.0120. The molecule has 3 fully saturated rings. The van der Waals surface area contributed by atoms with Crippen LogP contribution in [0.4, 0.5) is 10.6 Å². The third-order valence-electron chi connectivity index (χ3n) is 7.69. The average Bonchev–Trinajstić information content (AvgIpc) is 3.32. The van der Waals surface area contributed by atoms with Crippen molar-refractivity contribution in [3.05, 3.63) is 24.1 Å². The van der Waals surface area contributed by atoms with Gasteiger partial charge in [0.2, 0.25) is 0 Å². The van der Waals surface area contributed by atoms with Gasteiger partial charge in [0.1, 0.15) is 17.5 Å². The Hall–Kier alpha value is -2.32. The van der Waals surface area contributed by atoms with Crippen molar-refractivity contribution in [3.63, 3.8) is 0 Å². The van der Waals surface area contributed by atoms with Crippen molar-refractivity contribution in [2.24, 2.45) is 5.92 Å². The van der Waals surface area contributed by atoms with E-state index >= 15 is 0 Å². The number of amides is 1. The van der Waals surface area contributed by atoms with E-state index in [1.807, 2.05) is 19.1 Å². The molecule has 186 valence electrons. The lowest BCUT2D eigenvalue weighted by molar-refractivity contribution is 0.000273. The highest BCUT2D eigenvalue weighted by Crippen LogP contribution is 2.29. The van der Waals surface area contributed by atoms with Crippen LogP contribution in [-0.2, 0) is 9.47 Å². The molecule has 0 unspecified atom stereocenters. The van der Waals surface area contributed by atoms with Crippen molar-refractivity contribution in [2.45, 2.75) is 64.0 Å². The number of nitrogens with zero attached hydrogens (tertiary/aromatic N) is 3. The first-order valence-corrected chi connectivity index (χ1v) is 13.0. The minimum atomic E-state index is -0.246. The molecule has 0 spiro atoms. The number of pyridine rings is 1. The molecule has 2 aromatic rings. The maximum absolute atomic E-state index is 12.2. The minimum Gasteiger partial charge on any atom is -0.464 e. The Labute approximate surface area is 202 Å². The molecule has 4 heterocycles. The summed E-state index contributed by atoms with van der Waals surface area (Å²) in [5.74, 6) is 1.82. The van der Waals surface area contributed by atoms with Crippen LogP contribution in [0.3, 0.4) is 0 Å². The zero-order valence-electron chi connectivity index (χ0n) is 20.3. The smallest absolute Gasteiger partial charge is 0.407 e. The summed E-state index contributed by atoms with van der Waals surface area (Å²) in [6.45, 7) is 8.72. The van der Waals surface area contributed by atoms with Gasteiger partial charge in [0.25, 0.3) is 0 Å². The summed E-state index contributed by atoms with van der Waals surface area (Å²) >= 11 is 0. The molecule has 1 N–H and O–H groups in total. The number of rotatable bonds is 6. The molecule has 2 aliphatic heterocycles. The molecule has 0 bridgehead atoms. The number of aryl methyl sites for hydroxylation is 1. The van der Waals surface area contributed by atoms with Crippen molar-refractivity contribution in [1.82, 2.24) is 15.2 Å². The van der Waals surface area contributed by atoms with Gasteiger partial charge in [-0.2, -0.15) is 0 Å². The zero-order valence-corrected chi connectivity index (χ0v) is 20.3. The Kier molecular flexibility index (Phi) is 7.54. The number of anilines is 1. The van der Waals surface area contributed by atoms with Gasteiger partial charge in [-0.15, -0.1) is 0 Å². The quantitative estimate of drug-likeness (QED) is 0.680. The summed E-state index contributed by atoms with van der Waals surface area (Å²) in [6.07, 6.45) is 8.87. The van der Waals surface area contributed by atoms with E-state index in [2.05, 4.69) is 15.1 Å². The standard InChI is InChI=1S/C26H38N4O4/c1-19-18-24-23(9-17-33-24)25(27-19)30-13-11-29(12-14-30)10-6-20-2-4-21(5-3-20)28-26(31)34-22-7-15-32-16-8-22/h9,17-18,20-22H,2-8,10-16H2,1H3,(H,28,31). The second kappa shape index (κ2) is 11.0. The zero-order chi connectivity index (χ0) is 23.3. The number of furan rings is 1. The highest BCUT2D eigenvalue weighted by molar-refractivity contribution is 5.89. The summed E-state index contributed by atoms with van der Waals surface area (Å²) in [4.78, 5) is 22.0. The summed E-state index contributed by atoms with van der Waals surface area (Å²) in [7, 11) is 0. The first kappa shape index (κ1) is 23.4. The van der Waals surface area contributed by atoms with Crippen LogP contribution in [-0.4, -0.2) is 74.1 Å². The molecular weight excluding hydrogens is 432 g/mol. The number of hydrogen-bond acceptors (Lipinski definition) is 7. The first-order valence-electron chi connectivity index (χ1n) is 13.0. The largest absolute Gasteiger partial charge is 0.464 e. The molecule has 1 amide bonds. The van der Waals surface area contributed by atoms with Crippen LogP contribution in [0.15, 0.2) is 22.8 Å². The number of nitrogens with one attached hydrogen (secondary N) is 1. The predicted octanol–water partition coefficient (Wildman–Crippen LogP) is 4.11. The monoisotopic (exact) mass is 470 g/mol. The molecule has 5 rings (SSSR count). The van der Waals surface area contributed by atoms with Crippen LogP contribution in [0.5, 0.6) is 0 Å². The van der Waals surface area contributed by atoms with Crippen LogP contribution in [0.2, 0.25) is 0 Å². The van der Waals surface area contributed by atoms with E-state index in [9.17, 15) is 4.79 Å². The van der Waals surface area contributed by atoms with Gasteiger partial charge in [0.05, 0.1) is 24.9 Å². The highest BCUT2D eigenvalue weighted by Gasteiger charge is 2.26. The molecule has 8 heteroatoms. The highest BCUT2D eigenvalue weighted by atomic mass is 16.6. The van der Waals surface area contributed by atoms with Crippen LogP contribution >= 0.6 is 0 Å². The fourth-order valence-corrected chi connectivity index (χ4v) is 5.60. The van der Waals surface area contributed by atoms with Gasteiger partial charge >= 0.3 is 6.09 Å². The Morgan fingerprint density at radius 1 is 1.12 bits per heavy atom. The Morgan fingerprint density at radius 3 is 2.65 bits per heavy atom. The number of fused-ring (bicyclic) bond motifs is 1. The van der Waals surface area contributed by atoms with Crippen LogP contribution in [0.25, 0.3) is 11.0 Å². The van der Waals surface area contributed by atoms with Crippen molar-refractivity contribution in [3.8, 4) is 0 Å². The molecule has 34 heavy (non-hydrogen) atoms. The van der Waals surface area contributed by atoms with Crippen LogP contribution in [0, 0.1) is 12.8 Å². The van der Waals surface area contributed by atoms with Crippen molar-refractivity contribution in [2.75, 3.05) is 50.8 Å². The Morgan fingerprint density at radius 2 is 1.88 bits per heavy atom. The molecule has 2 saturated heterocycles. The normalized spacial score (nSPS) is 24.9. The van der Waals surface area contributed by atoms with E-state index < -0.39 is 0 Å². The third-order valence-corrected chi connectivity index (χ3v) is 7.69. The van der Waals surface area contributed by atoms with E-state index in [0.717, 1.165) is 86.8 Å². The molecule has 2 aromatic heterocycles. The van der Waals surface area contributed by atoms with Crippen molar-refractivity contribution < 1.29 is 18.7 Å². The van der Waals surface area contributed by atoms with Gasteiger partial charge in [-0.25, -0.2) is 9.78 Å². The number of aromatic nitrogens is 1. The molecule has 1 aliphatic carbocycles. The predicted molar refractivity (Wildman–Crippen MR) is 131 cm³/mol. The molecular formula is C26H38N4O4. The number of carbonyl (C=O) groups is 1. The first-order chi connectivity index (χ1) is 16.6. The van der Waals surface area contributed by atoms with Gasteiger partial charge in [-0.3, -0.25) is 4.90 Å². The fourth-order valence-electron chi connectivity index (χ4n) is 5.60. The summed E-state index contributed by atoms with van der Waals surface area (Å²) < 4.78 is 16.5. The lowest BCUT2D eigenvalue weighted by Crippen LogP contribution is -2.47. The Balaban J connectivity index is 1.00. The van der Waals surface area contributed by atoms with Gasteiger partial charge in [0.15, 0.2) is 0 Å². The number of alkyl carbamates (subject to hydrolysis) is 1. The van der Waals surface area contributed by atoms with E-state index in [0.29, 0.717) is 13.2 Å². The summed E-state index contributed by atoms with van der Waals surface area (Å²) in [5.41, 5.74) is 1.92. The van der Waals surface area contributed by atoms with Gasteiger partial charge in [0, 0.05) is 56.8 Å². The fraction of sp³-hybridized carbons (Fsp3) is 0.692. The van der Waals surface area contributed by atoms with Crippen LogP contribution < -0.4 is 10.2 Å². The molecule has 0 atom stereocenters. The third kappa shape index (κ3) is 5.84. The van der Waals surface area contributed by atoms with Gasteiger partial charge in [-0.1, -0.05) is 0 Å². The van der Waals surface area contributed by atoms with Gasteiger partial charge < -0.3 is 24.1 Å². The topological polar surface area (TPSA) is 80.1 Å². The average molecular weight is 471 g/mol. The SMILES string of the molecule is Cc1cc2occc2c(N2CCN(CCC3CCC(NC(=O)OC4CCOCC4)CC3)CC2)n1. The van der Waals surface area contributed by atoms with E-state index in [1.165, 1.54) is 19.3 Å². The maximum Gasteiger partial charge on any atom is 0.407 e. The number of ether oxygens (including phenoxy) is 2. The molecule has 3 aliphatic rings. The second-order valence-electron chi connectivity index (χ2n) is 10.1. The lowest BCUT2D eigenvalue weighted by atomic mass is 9.84. The molecule has 8 nitrogen and oxygen atoms in total. The molecule has 1 saturated carbocycles. The van der Waals surface area contributed by atoms with Gasteiger partial charge in [-0.05, 0) is 57.6 Å². The van der Waals surface area contributed by atoms with E-state index in [-0.39, 0.29) is 18.2 Å². The van der Waals surface area contributed by atoms with Crippen molar-refractivity contribution in [1.29, 1.82) is 0 Å². The van der Waals surface area contributed by atoms with E-state index in [4.69, 9.17) is 18.9 Å². The van der Waals surface area contributed by atoms with Crippen molar-refractivity contribution >= 4 is 22.9 Å². The summed E-state index contributed by atoms with van der Waals surface area (Å²) in [5, 5.41) is 4.21. The lowest BCUT2D eigenvalue weighted by Gasteiger charge is -2.37. The summed E-state index contributed by atoms with van der Waals surface area (Å²) in [6, 6.07) is 4.29. The number of piperazine rings is 1. The van der Waals surface area contributed by atoms with E-state index in [1.54, 1.807) is 6.26 Å². The number of carbonyl (C=O) groups excluding carboxylic acids is 1. The Bertz CT molecular complexity index is 941. The maximum atomic E-state index is 12.2. The molecule has 0 radical (unpaired) electrons. The van der Waals surface area contributed by atoms with Crippen LogP contribution in [0.1, 0.15) is 50.6 Å². The second-order valence-corrected chi connectivity index (χ2v) is 10.1. The number of hydrogen-bond donors (Lipinski definition) is 1.